The number of fused-ring (bicyclic) bond motifs is 1. The molecule has 0 unspecified atom stereocenters. The summed E-state index contributed by atoms with van der Waals surface area (Å²) in [5.41, 5.74) is 2.47. The maximum Gasteiger partial charge on any atom is 0.303 e. The molecule has 2 aliphatic rings. The first kappa shape index (κ1) is 27.6. The summed E-state index contributed by atoms with van der Waals surface area (Å²) in [5, 5.41) is 2.42. The number of hydrogen-bond acceptors (Lipinski definition) is 8. The number of rotatable bonds is 9. The zero-order chi connectivity index (χ0) is 27.1. The number of para-hydroxylation sites is 1. The number of anilines is 1. The number of hydrogen-bond donors (Lipinski definition) is 1. The molecule has 4 rings (SSSR count). The Morgan fingerprint density at radius 3 is 2.61 bits per heavy atom. The largest absolute Gasteiger partial charge is 0.494 e. The van der Waals surface area contributed by atoms with Gasteiger partial charge in [0.2, 0.25) is 5.96 Å². The third kappa shape index (κ3) is 7.11. The quantitative estimate of drug-likeness (QED) is 0.380. The number of aryl methyl sites for hydroxylation is 1. The van der Waals surface area contributed by atoms with Crippen molar-refractivity contribution in [3.8, 4) is 5.75 Å². The molecule has 2 heterocycles. The van der Waals surface area contributed by atoms with Crippen molar-refractivity contribution in [3.05, 3.63) is 53.6 Å². The first-order valence-electron chi connectivity index (χ1n) is 12.8. The highest BCUT2D eigenvalue weighted by Gasteiger charge is 2.31. The molecule has 0 aliphatic carbocycles. The Morgan fingerprint density at radius 1 is 1.08 bits per heavy atom. The Hall–Kier alpha value is -3.44. The molecule has 2 aromatic rings. The van der Waals surface area contributed by atoms with E-state index >= 15 is 0 Å². The number of guanidine groups is 1. The van der Waals surface area contributed by atoms with Gasteiger partial charge in [-0.2, -0.15) is 8.42 Å². The van der Waals surface area contributed by atoms with E-state index in [9.17, 15) is 18.0 Å². The lowest BCUT2D eigenvalue weighted by Crippen LogP contribution is -2.46. The number of ether oxygens (including phenoxy) is 2. The fourth-order valence-corrected chi connectivity index (χ4v) is 5.94. The standard InChI is InChI=1S/C27H34N4O6S/c1-20(32)37-19-25(33)28-27-29-38(34,35)24-13-7-10-22(26(24)30(27)2)11-8-16-36-23-12-6-9-21(17-23)18-31-14-4-3-5-15-31/h6-7,9-10,12-13,17H,3-5,8,11,14-16,18-19H2,1-2H3,(H,28,29,33). The minimum absolute atomic E-state index is 0.0711. The maximum absolute atomic E-state index is 12.8. The van der Waals surface area contributed by atoms with Crippen LogP contribution in [-0.4, -0.2) is 64.5 Å². The normalized spacial score (nSPS) is 16.8. The molecule has 0 atom stereocenters. The Balaban J connectivity index is 1.38. The first-order valence-corrected chi connectivity index (χ1v) is 14.2. The summed E-state index contributed by atoms with van der Waals surface area (Å²) in [4.78, 5) is 27.2. The number of nitrogens with one attached hydrogen (secondary N) is 1. The van der Waals surface area contributed by atoms with Crippen molar-refractivity contribution in [1.82, 2.24) is 10.2 Å². The third-order valence-corrected chi connectivity index (χ3v) is 7.79. The average molecular weight is 543 g/mol. The van der Waals surface area contributed by atoms with Crippen LogP contribution < -0.4 is 15.0 Å². The van der Waals surface area contributed by atoms with Gasteiger partial charge in [0.05, 0.1) is 12.3 Å². The van der Waals surface area contributed by atoms with E-state index in [-0.39, 0.29) is 10.9 Å². The Labute approximate surface area is 223 Å². The summed E-state index contributed by atoms with van der Waals surface area (Å²) in [6.07, 6.45) is 5.04. The fraction of sp³-hybridized carbons (Fsp3) is 0.444. The van der Waals surface area contributed by atoms with E-state index in [0.29, 0.717) is 25.1 Å². The number of likely N-dealkylation sites (tertiary alicyclic amines) is 1. The Bertz CT molecular complexity index is 1300. The highest BCUT2D eigenvalue weighted by atomic mass is 32.2. The van der Waals surface area contributed by atoms with Crippen molar-refractivity contribution >= 4 is 33.5 Å². The van der Waals surface area contributed by atoms with Crippen LogP contribution in [0.1, 0.15) is 43.7 Å². The van der Waals surface area contributed by atoms with Crippen LogP contribution in [0.2, 0.25) is 0 Å². The van der Waals surface area contributed by atoms with E-state index in [4.69, 9.17) is 4.74 Å². The van der Waals surface area contributed by atoms with E-state index in [0.717, 1.165) is 30.9 Å². The molecular weight excluding hydrogens is 508 g/mol. The van der Waals surface area contributed by atoms with Crippen molar-refractivity contribution in [2.45, 2.75) is 50.5 Å². The smallest absolute Gasteiger partial charge is 0.303 e. The van der Waals surface area contributed by atoms with Crippen LogP contribution in [0, 0.1) is 0 Å². The highest BCUT2D eigenvalue weighted by molar-refractivity contribution is 7.90. The highest BCUT2D eigenvalue weighted by Crippen LogP contribution is 2.34. The number of sulfonamides is 1. The number of carbonyl (C=O) groups excluding carboxylic acids is 2. The van der Waals surface area contributed by atoms with Gasteiger partial charge in [0.1, 0.15) is 10.6 Å². The molecule has 1 amide bonds. The number of carbonyl (C=O) groups is 2. The van der Waals surface area contributed by atoms with Crippen molar-refractivity contribution in [1.29, 1.82) is 0 Å². The molecule has 11 heteroatoms. The molecule has 2 aliphatic heterocycles. The topological polar surface area (TPSA) is 118 Å². The van der Waals surface area contributed by atoms with E-state index in [2.05, 4.69) is 31.5 Å². The monoisotopic (exact) mass is 542 g/mol. The van der Waals surface area contributed by atoms with Crippen molar-refractivity contribution in [2.75, 3.05) is 38.3 Å². The van der Waals surface area contributed by atoms with Crippen LogP contribution in [-0.2, 0) is 37.3 Å². The van der Waals surface area contributed by atoms with E-state index in [1.165, 1.54) is 42.7 Å². The molecule has 0 bridgehead atoms. The summed E-state index contributed by atoms with van der Waals surface area (Å²) < 4.78 is 40.1. The minimum atomic E-state index is -4.03. The minimum Gasteiger partial charge on any atom is -0.494 e. The second-order valence-corrected chi connectivity index (χ2v) is 11.1. The number of amides is 1. The fourth-order valence-electron chi connectivity index (χ4n) is 4.69. The molecule has 1 fully saturated rings. The van der Waals surface area contributed by atoms with Crippen LogP contribution in [0.25, 0.3) is 0 Å². The van der Waals surface area contributed by atoms with Gasteiger partial charge in [-0.3, -0.25) is 19.8 Å². The van der Waals surface area contributed by atoms with Crippen LogP contribution >= 0.6 is 0 Å². The number of benzene rings is 2. The molecule has 0 radical (unpaired) electrons. The molecule has 0 spiro atoms. The summed E-state index contributed by atoms with van der Waals surface area (Å²) >= 11 is 0. The molecule has 0 saturated carbocycles. The van der Waals surface area contributed by atoms with Gasteiger partial charge in [0, 0.05) is 20.5 Å². The third-order valence-electron chi connectivity index (χ3n) is 6.49. The van der Waals surface area contributed by atoms with Crippen LogP contribution in [0.4, 0.5) is 5.69 Å². The zero-order valence-electron chi connectivity index (χ0n) is 21.8. The summed E-state index contributed by atoms with van der Waals surface area (Å²) in [5.74, 6) is -0.629. The van der Waals surface area contributed by atoms with Gasteiger partial charge < -0.3 is 14.4 Å². The predicted octanol–water partition coefficient (Wildman–Crippen LogP) is 2.86. The van der Waals surface area contributed by atoms with Crippen molar-refractivity contribution in [2.24, 2.45) is 4.40 Å². The Morgan fingerprint density at radius 2 is 1.84 bits per heavy atom. The van der Waals surface area contributed by atoms with Gasteiger partial charge in [0.15, 0.2) is 6.61 Å². The molecule has 204 valence electrons. The lowest BCUT2D eigenvalue weighted by atomic mass is 10.1. The zero-order valence-corrected chi connectivity index (χ0v) is 22.6. The number of esters is 1. The first-order chi connectivity index (χ1) is 18.2. The molecule has 10 nitrogen and oxygen atoms in total. The van der Waals surface area contributed by atoms with Crippen molar-refractivity contribution in [3.63, 3.8) is 0 Å². The van der Waals surface area contributed by atoms with E-state index < -0.39 is 28.5 Å². The van der Waals surface area contributed by atoms with Gasteiger partial charge in [-0.1, -0.05) is 30.7 Å². The molecule has 1 saturated heterocycles. The predicted molar refractivity (Wildman–Crippen MR) is 144 cm³/mol. The van der Waals surface area contributed by atoms with Gasteiger partial charge in [-0.25, -0.2) is 0 Å². The van der Waals surface area contributed by atoms with Gasteiger partial charge in [-0.05, 0) is 68.1 Å². The van der Waals surface area contributed by atoms with Crippen LogP contribution in [0.15, 0.2) is 51.8 Å². The van der Waals surface area contributed by atoms with Gasteiger partial charge >= 0.3 is 5.97 Å². The lowest BCUT2D eigenvalue weighted by Gasteiger charge is -2.29. The van der Waals surface area contributed by atoms with Crippen LogP contribution in [0.5, 0.6) is 5.75 Å². The molecule has 1 N–H and O–H groups in total. The summed E-state index contributed by atoms with van der Waals surface area (Å²) in [6.45, 7) is 4.31. The molecule has 38 heavy (non-hydrogen) atoms. The van der Waals surface area contributed by atoms with E-state index in [1.807, 2.05) is 18.2 Å². The second-order valence-electron chi connectivity index (χ2n) is 9.48. The molecular formula is C27H34N4O6S. The summed E-state index contributed by atoms with van der Waals surface area (Å²) in [7, 11) is -2.39. The second kappa shape index (κ2) is 12.4. The summed E-state index contributed by atoms with van der Waals surface area (Å²) in [6, 6.07) is 13.2. The van der Waals surface area contributed by atoms with Crippen LogP contribution in [0.3, 0.4) is 0 Å². The Kier molecular flexibility index (Phi) is 9.01. The SMILES string of the molecule is CC(=O)OCC(=O)NC1=NS(=O)(=O)c2cccc(CCCOc3cccc(CN4CCCCC4)c3)c2N1C. The number of piperidine rings is 1. The van der Waals surface area contributed by atoms with Gasteiger partial charge in [-0.15, -0.1) is 4.40 Å². The lowest BCUT2D eigenvalue weighted by molar-refractivity contribution is -0.145. The molecule has 2 aromatic carbocycles. The van der Waals surface area contributed by atoms with E-state index in [1.54, 1.807) is 13.1 Å². The average Bonchev–Trinajstić information content (AvgIpc) is 2.89. The van der Waals surface area contributed by atoms with Gasteiger partial charge in [0.25, 0.3) is 15.9 Å². The molecule has 0 aromatic heterocycles. The maximum atomic E-state index is 12.8. The number of nitrogens with zero attached hydrogens (tertiary/aromatic N) is 3. The van der Waals surface area contributed by atoms with Crippen molar-refractivity contribution < 1.29 is 27.5 Å².